The first-order chi connectivity index (χ1) is 12.3. The van der Waals surface area contributed by atoms with Crippen LogP contribution in [-0.4, -0.2) is 51.2 Å². The summed E-state index contributed by atoms with van der Waals surface area (Å²) < 4.78 is 5.25. The van der Waals surface area contributed by atoms with Crippen LogP contribution in [0.4, 0.5) is 0 Å². The number of ether oxygens (including phenoxy) is 1. The largest absolute Gasteiger partial charge is 0.480 e. The molecular formula is C16H22N2O6S2. The van der Waals surface area contributed by atoms with E-state index in [1.807, 2.05) is 18.2 Å². The Morgan fingerprint density at radius 3 is 2.23 bits per heavy atom. The Labute approximate surface area is 159 Å². The lowest BCUT2D eigenvalue weighted by Gasteiger charge is -2.17. The number of carbonyl (C=O) groups is 3. The van der Waals surface area contributed by atoms with Crippen LogP contribution in [0.5, 0.6) is 0 Å². The van der Waals surface area contributed by atoms with Crippen LogP contribution in [0.25, 0.3) is 0 Å². The third-order valence-corrected chi connectivity index (χ3v) is 6.05. The summed E-state index contributed by atoms with van der Waals surface area (Å²) >= 11 is 0. The fourth-order valence-electron chi connectivity index (χ4n) is 1.76. The van der Waals surface area contributed by atoms with Crippen molar-refractivity contribution in [2.24, 2.45) is 11.5 Å². The fourth-order valence-corrected chi connectivity index (χ4v) is 4.34. The number of carbonyl (C=O) groups excluding carboxylic acids is 1. The van der Waals surface area contributed by atoms with Gasteiger partial charge in [-0.25, -0.2) is 0 Å². The van der Waals surface area contributed by atoms with E-state index in [9.17, 15) is 14.4 Å². The van der Waals surface area contributed by atoms with Gasteiger partial charge < -0.3 is 26.4 Å². The van der Waals surface area contributed by atoms with E-state index in [0.29, 0.717) is 5.75 Å². The Bertz CT molecular complexity index is 602. The molecule has 0 aliphatic heterocycles. The number of carboxylic acid groups (broad SMARTS) is 2. The molecule has 0 amide bonds. The highest BCUT2D eigenvalue weighted by atomic mass is 33.1. The minimum Gasteiger partial charge on any atom is -0.480 e. The number of esters is 1. The van der Waals surface area contributed by atoms with Crippen LogP contribution in [0.15, 0.2) is 30.3 Å². The first-order valence-electron chi connectivity index (χ1n) is 7.77. The molecule has 26 heavy (non-hydrogen) atoms. The van der Waals surface area contributed by atoms with Crippen LogP contribution in [-0.2, 0) is 25.7 Å². The second-order valence-electron chi connectivity index (χ2n) is 5.41. The van der Waals surface area contributed by atoms with Gasteiger partial charge in [-0.1, -0.05) is 51.9 Å². The van der Waals surface area contributed by atoms with E-state index in [1.165, 1.54) is 10.8 Å². The van der Waals surface area contributed by atoms with E-state index in [2.05, 4.69) is 0 Å². The zero-order valence-corrected chi connectivity index (χ0v) is 15.6. The number of carboxylic acids is 2. The summed E-state index contributed by atoms with van der Waals surface area (Å²) in [6, 6.07) is 6.91. The summed E-state index contributed by atoms with van der Waals surface area (Å²) in [5.41, 5.74) is 11.8. The Morgan fingerprint density at radius 2 is 1.65 bits per heavy atom. The first kappa shape index (κ1) is 22.3. The number of nitrogens with two attached hydrogens (primary N) is 2. The molecule has 0 fully saturated rings. The predicted molar refractivity (Wildman–Crippen MR) is 101 cm³/mol. The maximum absolute atomic E-state index is 12.3. The molecule has 1 rings (SSSR count). The summed E-state index contributed by atoms with van der Waals surface area (Å²) in [5.74, 6) is -2.47. The molecule has 1 aromatic carbocycles. The molecule has 8 nitrogen and oxygen atoms in total. The number of hydrogen-bond acceptors (Lipinski definition) is 8. The van der Waals surface area contributed by atoms with Crippen molar-refractivity contribution in [2.45, 2.75) is 36.8 Å². The van der Waals surface area contributed by atoms with Crippen molar-refractivity contribution in [2.75, 3.05) is 5.75 Å². The van der Waals surface area contributed by atoms with E-state index < -0.39 is 35.2 Å². The third-order valence-electron chi connectivity index (χ3n) is 3.29. The van der Waals surface area contributed by atoms with Gasteiger partial charge in [-0.05, 0) is 18.4 Å². The minimum absolute atomic E-state index is 0.0770. The van der Waals surface area contributed by atoms with Gasteiger partial charge in [0.1, 0.15) is 23.9 Å². The molecule has 0 bridgehead atoms. The predicted octanol–water partition coefficient (Wildman–Crippen LogP) is 1.08. The second kappa shape index (κ2) is 11.8. The fraction of sp³-hybridized carbons (Fsp3) is 0.438. The van der Waals surface area contributed by atoms with Gasteiger partial charge in [0.25, 0.3) is 0 Å². The molecular weight excluding hydrogens is 380 g/mol. The molecule has 0 aromatic heterocycles. The SMILES string of the molecule is N[C@@H](CCSSC(C[C@H](N)C(=O)O)C(=O)OCc1ccccc1)C(=O)O. The molecule has 0 heterocycles. The Hall–Kier alpha value is -1.75. The van der Waals surface area contributed by atoms with Crippen LogP contribution in [0.2, 0.25) is 0 Å². The Kier molecular flexibility index (Phi) is 10.1. The number of hydrogen-bond donors (Lipinski definition) is 4. The molecule has 0 aliphatic rings. The molecule has 0 saturated heterocycles. The zero-order chi connectivity index (χ0) is 19.5. The van der Waals surface area contributed by atoms with Gasteiger partial charge in [-0.3, -0.25) is 14.4 Å². The van der Waals surface area contributed by atoms with Crippen molar-refractivity contribution < 1.29 is 29.3 Å². The molecule has 0 aliphatic carbocycles. The van der Waals surface area contributed by atoms with Crippen LogP contribution >= 0.6 is 21.6 Å². The molecule has 1 aromatic rings. The van der Waals surface area contributed by atoms with Crippen LogP contribution in [0.3, 0.4) is 0 Å². The van der Waals surface area contributed by atoms with Gasteiger partial charge in [-0.2, -0.15) is 0 Å². The molecule has 3 atom stereocenters. The third kappa shape index (κ3) is 8.56. The second-order valence-corrected chi connectivity index (χ2v) is 8.10. The maximum Gasteiger partial charge on any atom is 0.320 e. The number of aliphatic carboxylic acids is 2. The van der Waals surface area contributed by atoms with Gasteiger partial charge in [0.2, 0.25) is 0 Å². The minimum atomic E-state index is -1.20. The Morgan fingerprint density at radius 1 is 1.04 bits per heavy atom. The highest BCUT2D eigenvalue weighted by Crippen LogP contribution is 2.31. The first-order valence-corrected chi connectivity index (χ1v) is 10.1. The van der Waals surface area contributed by atoms with E-state index >= 15 is 0 Å². The summed E-state index contributed by atoms with van der Waals surface area (Å²) in [7, 11) is 2.35. The van der Waals surface area contributed by atoms with Gasteiger partial charge in [0, 0.05) is 5.75 Å². The quantitative estimate of drug-likeness (QED) is 0.227. The molecule has 6 N–H and O–H groups in total. The highest BCUT2D eigenvalue weighted by molar-refractivity contribution is 8.77. The van der Waals surface area contributed by atoms with Crippen molar-refractivity contribution in [1.29, 1.82) is 0 Å². The normalized spacial score (nSPS) is 14.2. The molecule has 0 spiro atoms. The summed E-state index contributed by atoms with van der Waals surface area (Å²) in [6.07, 6.45) is 0.134. The zero-order valence-electron chi connectivity index (χ0n) is 13.9. The van der Waals surface area contributed by atoms with E-state index in [1.54, 1.807) is 12.1 Å². The van der Waals surface area contributed by atoms with Crippen molar-refractivity contribution in [1.82, 2.24) is 0 Å². The van der Waals surface area contributed by atoms with Crippen LogP contribution < -0.4 is 11.5 Å². The van der Waals surface area contributed by atoms with E-state index in [4.69, 9.17) is 26.4 Å². The van der Waals surface area contributed by atoms with Crippen molar-refractivity contribution in [3.8, 4) is 0 Å². The molecule has 0 saturated carbocycles. The summed E-state index contributed by atoms with van der Waals surface area (Å²) in [6.45, 7) is 0.0770. The van der Waals surface area contributed by atoms with Gasteiger partial charge in [0.15, 0.2) is 0 Å². The maximum atomic E-state index is 12.3. The molecule has 1 unspecified atom stereocenters. The molecule has 10 heteroatoms. The summed E-state index contributed by atoms with van der Waals surface area (Å²) in [5, 5.41) is 16.9. The highest BCUT2D eigenvalue weighted by Gasteiger charge is 2.27. The average molecular weight is 402 g/mol. The standard InChI is InChI=1S/C16H22N2O6S2/c17-11(14(19)20)6-7-25-26-13(8-12(18)15(21)22)16(23)24-9-10-4-2-1-3-5-10/h1-5,11-13H,6-9,17-18H2,(H,19,20)(H,21,22)/t11-,12-,13?/m0/s1. The van der Waals surface area contributed by atoms with Gasteiger partial charge in [0.05, 0.1) is 0 Å². The number of benzene rings is 1. The van der Waals surface area contributed by atoms with Crippen LogP contribution in [0.1, 0.15) is 18.4 Å². The van der Waals surface area contributed by atoms with Gasteiger partial charge in [-0.15, -0.1) is 0 Å². The lowest BCUT2D eigenvalue weighted by Crippen LogP contribution is -2.36. The summed E-state index contributed by atoms with van der Waals surface area (Å²) in [4.78, 5) is 33.9. The molecule has 0 radical (unpaired) electrons. The van der Waals surface area contributed by atoms with E-state index in [-0.39, 0.29) is 19.4 Å². The van der Waals surface area contributed by atoms with Crippen molar-refractivity contribution >= 4 is 39.5 Å². The van der Waals surface area contributed by atoms with Crippen LogP contribution in [0, 0.1) is 0 Å². The van der Waals surface area contributed by atoms with E-state index in [0.717, 1.165) is 16.4 Å². The average Bonchev–Trinajstić information content (AvgIpc) is 2.62. The van der Waals surface area contributed by atoms with Gasteiger partial charge >= 0.3 is 17.9 Å². The lowest BCUT2D eigenvalue weighted by molar-refractivity contribution is -0.145. The topological polar surface area (TPSA) is 153 Å². The van der Waals surface area contributed by atoms with Crippen molar-refractivity contribution in [3.63, 3.8) is 0 Å². The smallest absolute Gasteiger partial charge is 0.320 e. The van der Waals surface area contributed by atoms with Crippen molar-refractivity contribution in [3.05, 3.63) is 35.9 Å². The monoisotopic (exact) mass is 402 g/mol. The lowest BCUT2D eigenvalue weighted by atomic mass is 10.1. The number of rotatable bonds is 12. The Balaban J connectivity index is 2.55. The molecule has 144 valence electrons.